The zero-order valence-electron chi connectivity index (χ0n) is 22.1. The van der Waals surface area contributed by atoms with Crippen molar-refractivity contribution in [2.75, 3.05) is 30.8 Å². The van der Waals surface area contributed by atoms with Gasteiger partial charge in [-0.3, -0.25) is 4.79 Å². The van der Waals surface area contributed by atoms with Crippen LogP contribution in [-0.4, -0.2) is 69.0 Å². The van der Waals surface area contributed by atoms with E-state index in [0.29, 0.717) is 36.7 Å². The summed E-state index contributed by atoms with van der Waals surface area (Å²) in [5.41, 5.74) is 1.24. The quantitative estimate of drug-likeness (QED) is 0.470. The molecule has 2 aromatic heterocycles. The third kappa shape index (κ3) is 5.57. The number of ether oxygens (including phenoxy) is 1. The number of carbonyl (C=O) groups is 2. The number of imidazole rings is 1. The minimum atomic E-state index is -0.571. The molecular weight excluding hydrogens is 507 g/mol. The lowest BCUT2D eigenvalue weighted by molar-refractivity contribution is 0.0290. The van der Waals surface area contributed by atoms with Crippen molar-refractivity contribution in [1.82, 2.24) is 24.8 Å². The Labute approximate surface area is 225 Å². The maximum Gasteiger partial charge on any atom is 0.410 e. The normalized spacial score (nSPS) is 19.8. The van der Waals surface area contributed by atoms with Gasteiger partial charge in [0.15, 0.2) is 11.3 Å². The minimum absolute atomic E-state index is 0.000302. The summed E-state index contributed by atoms with van der Waals surface area (Å²) in [4.78, 5) is 34.6. The zero-order valence-corrected chi connectivity index (χ0v) is 22.9. The van der Waals surface area contributed by atoms with E-state index in [1.54, 1.807) is 21.5 Å². The molecule has 1 N–H and O–H groups in total. The van der Waals surface area contributed by atoms with E-state index in [1.807, 2.05) is 45.2 Å². The van der Waals surface area contributed by atoms with Gasteiger partial charge in [-0.25, -0.2) is 18.7 Å². The number of hydrogen-bond donors (Lipinski definition) is 1. The highest BCUT2D eigenvalue weighted by atomic mass is 32.2. The molecule has 0 saturated carbocycles. The number of halogens is 1. The van der Waals surface area contributed by atoms with Gasteiger partial charge in [0.05, 0.1) is 12.2 Å². The second-order valence-electron chi connectivity index (χ2n) is 10.8. The Balaban J connectivity index is 1.32. The molecule has 0 bridgehead atoms. The van der Waals surface area contributed by atoms with Gasteiger partial charge in [0.2, 0.25) is 0 Å². The number of rotatable bonds is 5. The molecular formula is C27H33FN6O3S. The van der Waals surface area contributed by atoms with Gasteiger partial charge in [-0.1, -0.05) is 0 Å². The number of likely N-dealkylation sites (tertiary alicyclic amines) is 1. The molecule has 1 unspecified atom stereocenters. The van der Waals surface area contributed by atoms with Crippen LogP contribution in [0.1, 0.15) is 62.1 Å². The second-order valence-corrected chi connectivity index (χ2v) is 11.6. The van der Waals surface area contributed by atoms with Crippen LogP contribution >= 0.6 is 11.8 Å². The van der Waals surface area contributed by atoms with E-state index in [0.717, 1.165) is 29.8 Å². The van der Waals surface area contributed by atoms with Crippen LogP contribution in [0.4, 0.5) is 15.0 Å². The minimum Gasteiger partial charge on any atom is -0.444 e. The fourth-order valence-electron chi connectivity index (χ4n) is 5.08. The van der Waals surface area contributed by atoms with Crippen LogP contribution in [0.3, 0.4) is 0 Å². The molecule has 2 fully saturated rings. The molecule has 2 saturated heterocycles. The first kappa shape index (κ1) is 26.3. The number of nitrogens with zero attached hydrogens (tertiary/aromatic N) is 5. The van der Waals surface area contributed by atoms with Crippen molar-refractivity contribution in [2.45, 2.75) is 62.6 Å². The van der Waals surface area contributed by atoms with E-state index in [1.165, 1.54) is 18.0 Å². The lowest BCUT2D eigenvalue weighted by Crippen LogP contribution is -2.40. The van der Waals surface area contributed by atoms with E-state index in [2.05, 4.69) is 15.2 Å². The van der Waals surface area contributed by atoms with Crippen molar-refractivity contribution in [1.29, 1.82) is 0 Å². The molecule has 0 radical (unpaired) electrons. The number of nitrogens with one attached hydrogen (secondary N) is 1. The van der Waals surface area contributed by atoms with Crippen LogP contribution in [0.2, 0.25) is 0 Å². The average molecular weight is 541 g/mol. The fraction of sp³-hybridized carbons (Fsp3) is 0.481. The van der Waals surface area contributed by atoms with Crippen molar-refractivity contribution in [3.8, 4) is 0 Å². The number of benzene rings is 1. The molecule has 2 aliphatic heterocycles. The molecule has 3 aromatic rings. The first-order valence-corrected chi connectivity index (χ1v) is 14.1. The maximum atomic E-state index is 14.3. The first-order chi connectivity index (χ1) is 18.1. The summed E-state index contributed by atoms with van der Waals surface area (Å²) in [6.07, 6.45) is 5.57. The topological polar surface area (TPSA) is 92.1 Å². The summed E-state index contributed by atoms with van der Waals surface area (Å²) in [5.74, 6) is 0.165. The van der Waals surface area contributed by atoms with Gasteiger partial charge in [0.1, 0.15) is 17.2 Å². The number of thioether (sulfide) groups is 1. The number of amides is 2. The number of aromatic nitrogens is 3. The predicted molar refractivity (Wildman–Crippen MR) is 144 cm³/mol. The SMILES string of the molecule is CSc1cc(F)cc([C@H]2CCCN2c2ccc3ncc(C(=O)NC4CCN(C(=O)OC(C)(C)C)C4)n3n2)c1. The molecule has 38 heavy (non-hydrogen) atoms. The Kier molecular flexibility index (Phi) is 7.21. The van der Waals surface area contributed by atoms with E-state index < -0.39 is 5.60 Å². The van der Waals surface area contributed by atoms with E-state index >= 15 is 0 Å². The number of carbonyl (C=O) groups excluding carboxylic acids is 2. The Morgan fingerprint density at radius 1 is 1.16 bits per heavy atom. The van der Waals surface area contributed by atoms with Crippen LogP contribution < -0.4 is 10.2 Å². The molecule has 0 spiro atoms. The summed E-state index contributed by atoms with van der Waals surface area (Å²) in [7, 11) is 0. The summed E-state index contributed by atoms with van der Waals surface area (Å²) in [6.45, 7) is 7.18. The van der Waals surface area contributed by atoms with E-state index in [4.69, 9.17) is 9.84 Å². The smallest absolute Gasteiger partial charge is 0.410 e. The van der Waals surface area contributed by atoms with Crippen LogP contribution in [0.25, 0.3) is 5.65 Å². The van der Waals surface area contributed by atoms with Gasteiger partial charge in [0.25, 0.3) is 5.91 Å². The molecule has 9 nitrogen and oxygen atoms in total. The monoisotopic (exact) mass is 540 g/mol. The lowest BCUT2D eigenvalue weighted by atomic mass is 10.0. The maximum absolute atomic E-state index is 14.3. The van der Waals surface area contributed by atoms with Gasteiger partial charge in [0, 0.05) is 30.6 Å². The summed E-state index contributed by atoms with van der Waals surface area (Å²) in [5, 5.41) is 7.79. The van der Waals surface area contributed by atoms with Gasteiger partial charge in [-0.05, 0) is 82.2 Å². The molecule has 2 amide bonds. The lowest BCUT2D eigenvalue weighted by Gasteiger charge is -2.26. The first-order valence-electron chi connectivity index (χ1n) is 12.9. The highest BCUT2D eigenvalue weighted by Crippen LogP contribution is 2.37. The van der Waals surface area contributed by atoms with Crippen molar-refractivity contribution in [3.63, 3.8) is 0 Å². The van der Waals surface area contributed by atoms with Crippen molar-refractivity contribution in [3.05, 3.63) is 53.6 Å². The zero-order chi connectivity index (χ0) is 27.0. The molecule has 0 aliphatic carbocycles. The molecule has 2 aliphatic rings. The van der Waals surface area contributed by atoms with Gasteiger partial charge >= 0.3 is 6.09 Å². The van der Waals surface area contributed by atoms with Crippen molar-refractivity contribution in [2.24, 2.45) is 0 Å². The largest absolute Gasteiger partial charge is 0.444 e. The van der Waals surface area contributed by atoms with Crippen LogP contribution in [0.5, 0.6) is 0 Å². The fourth-order valence-corrected chi connectivity index (χ4v) is 5.57. The standard InChI is InChI=1S/C27H33FN6O3S/c1-27(2,3)37-26(36)32-11-9-19(16-32)30-25(35)22-15-29-23-7-8-24(31-34(22)23)33-10-5-6-21(33)17-12-18(28)14-20(13-17)38-4/h7-8,12-15,19,21H,5-6,9-11,16H2,1-4H3,(H,30,35)/t19?,21-/m1/s1. The average Bonchev–Trinajstić information content (AvgIpc) is 3.61. The van der Waals surface area contributed by atoms with E-state index in [9.17, 15) is 14.0 Å². The number of anilines is 1. The van der Waals surface area contributed by atoms with Crippen LogP contribution in [0.15, 0.2) is 41.4 Å². The van der Waals surface area contributed by atoms with Gasteiger partial charge in [-0.15, -0.1) is 16.9 Å². The Bertz CT molecular complexity index is 1360. The molecule has 202 valence electrons. The number of hydrogen-bond acceptors (Lipinski definition) is 7. The molecule has 4 heterocycles. The summed E-state index contributed by atoms with van der Waals surface area (Å²) < 4.78 is 21.3. The predicted octanol–water partition coefficient (Wildman–Crippen LogP) is 4.67. The number of fused-ring (bicyclic) bond motifs is 1. The van der Waals surface area contributed by atoms with Crippen molar-refractivity contribution >= 4 is 35.2 Å². The molecule has 2 atom stereocenters. The Morgan fingerprint density at radius 2 is 1.97 bits per heavy atom. The molecule has 5 rings (SSSR count). The highest BCUT2D eigenvalue weighted by Gasteiger charge is 2.32. The third-order valence-corrected chi connectivity index (χ3v) is 7.52. The molecule has 1 aromatic carbocycles. The molecule has 11 heteroatoms. The van der Waals surface area contributed by atoms with Crippen LogP contribution in [-0.2, 0) is 4.74 Å². The van der Waals surface area contributed by atoms with Crippen molar-refractivity contribution < 1.29 is 18.7 Å². The van der Waals surface area contributed by atoms with Gasteiger partial charge < -0.3 is 19.9 Å². The third-order valence-electron chi connectivity index (χ3n) is 6.82. The Morgan fingerprint density at radius 3 is 2.74 bits per heavy atom. The summed E-state index contributed by atoms with van der Waals surface area (Å²) >= 11 is 1.52. The van der Waals surface area contributed by atoms with Crippen LogP contribution in [0, 0.1) is 5.82 Å². The second kappa shape index (κ2) is 10.4. The van der Waals surface area contributed by atoms with Gasteiger partial charge in [-0.2, -0.15) is 0 Å². The Hall–Kier alpha value is -3.34. The van der Waals surface area contributed by atoms with E-state index in [-0.39, 0.29) is 29.9 Å². The summed E-state index contributed by atoms with van der Waals surface area (Å²) in [6, 6.07) is 8.73. The highest BCUT2D eigenvalue weighted by molar-refractivity contribution is 7.98.